The predicted molar refractivity (Wildman–Crippen MR) is 86.9 cm³/mol. The topological polar surface area (TPSA) is 62.7 Å². The summed E-state index contributed by atoms with van der Waals surface area (Å²) in [6, 6.07) is 0. The third-order valence-corrected chi connectivity index (χ3v) is 24.1. The highest BCUT2D eigenvalue weighted by atomic mass is 28.5. The van der Waals surface area contributed by atoms with Crippen LogP contribution in [-0.2, 0) is 13.3 Å². The van der Waals surface area contributed by atoms with E-state index in [0.717, 1.165) is 0 Å². The van der Waals surface area contributed by atoms with E-state index < -0.39 is 25.0 Å². The van der Waals surface area contributed by atoms with Crippen LogP contribution in [0.1, 0.15) is 6.92 Å². The van der Waals surface area contributed by atoms with E-state index in [1.165, 1.54) is 0 Å². The Balaban J connectivity index is 0. The third-order valence-electron chi connectivity index (χ3n) is 4.42. The van der Waals surface area contributed by atoms with E-state index in [-0.39, 0.29) is 10.4 Å². The molecule has 0 radical (unpaired) electrons. The molecule has 0 aromatic carbocycles. The fourth-order valence-electron chi connectivity index (χ4n) is 2.91. The molecule has 0 bridgehead atoms. The van der Waals surface area contributed by atoms with Crippen molar-refractivity contribution in [1.82, 2.24) is 6.15 Å². The van der Waals surface area contributed by atoms with Crippen LogP contribution in [0.25, 0.3) is 0 Å². The van der Waals surface area contributed by atoms with E-state index in [2.05, 4.69) is 46.2 Å². The minimum Gasteiger partial charge on any atom is -0.377 e. The molecular weight excluding hydrogens is 278 g/mol. The Morgan fingerprint density at radius 2 is 0.889 bits per heavy atom. The van der Waals surface area contributed by atoms with Crippen molar-refractivity contribution in [2.45, 2.75) is 50.5 Å². The summed E-state index contributed by atoms with van der Waals surface area (Å²) in [4.78, 5) is 0. The lowest BCUT2D eigenvalue weighted by atomic mass is 10.9. The molecule has 0 atom stereocenters. The van der Waals surface area contributed by atoms with Crippen molar-refractivity contribution in [3.63, 3.8) is 0 Å². The van der Waals surface area contributed by atoms with E-state index in [0.29, 0.717) is 0 Å². The SMILES string of the molecule is CO[Si](OC)(OC)C(C)([Si](C)(C)C)[Si](C)(C)C.N. The first-order valence-corrected chi connectivity index (χ1v) is 14.8. The molecule has 0 aromatic heterocycles. The van der Waals surface area contributed by atoms with Crippen LogP contribution in [0, 0.1) is 0 Å². The van der Waals surface area contributed by atoms with Crippen LogP contribution in [0.4, 0.5) is 0 Å². The minimum atomic E-state index is -2.62. The van der Waals surface area contributed by atoms with Gasteiger partial charge >= 0.3 is 8.80 Å². The molecule has 0 saturated heterocycles. The molecular formula is C11H33NO3Si3. The third kappa shape index (κ3) is 2.97. The van der Waals surface area contributed by atoms with Gasteiger partial charge in [0.25, 0.3) is 0 Å². The standard InChI is InChI=1S/C11H30O3Si3.H3N/c1-11(15(5,6)7,16(8,9)10)17(12-2,13-3)14-4;/h1-10H3;1H3. The van der Waals surface area contributed by atoms with E-state index in [4.69, 9.17) is 13.3 Å². The lowest BCUT2D eigenvalue weighted by Crippen LogP contribution is -2.70. The summed E-state index contributed by atoms with van der Waals surface area (Å²) in [5.41, 5.74) is 0. The van der Waals surface area contributed by atoms with E-state index >= 15 is 0 Å². The zero-order valence-corrected chi connectivity index (χ0v) is 16.9. The maximum Gasteiger partial charge on any atom is 0.500 e. The average molecular weight is 312 g/mol. The number of hydrogen-bond acceptors (Lipinski definition) is 4. The van der Waals surface area contributed by atoms with Gasteiger partial charge < -0.3 is 19.4 Å². The van der Waals surface area contributed by atoms with Crippen LogP contribution in [0.15, 0.2) is 0 Å². The van der Waals surface area contributed by atoms with Crippen LogP contribution in [0.3, 0.4) is 0 Å². The smallest absolute Gasteiger partial charge is 0.377 e. The molecule has 18 heavy (non-hydrogen) atoms. The second kappa shape index (κ2) is 6.29. The van der Waals surface area contributed by atoms with Crippen LogP contribution in [-0.4, -0.2) is 46.3 Å². The molecule has 0 heterocycles. The Morgan fingerprint density at radius 3 is 0.944 bits per heavy atom. The molecule has 7 heteroatoms. The summed E-state index contributed by atoms with van der Waals surface area (Å²) in [6.07, 6.45) is 0. The minimum absolute atomic E-state index is 0. The lowest BCUT2D eigenvalue weighted by Gasteiger charge is -2.55. The van der Waals surface area contributed by atoms with Gasteiger partial charge in [0.1, 0.15) is 0 Å². The van der Waals surface area contributed by atoms with Gasteiger partial charge in [-0.15, -0.1) is 0 Å². The second-order valence-corrected chi connectivity index (χ2v) is 22.6. The largest absolute Gasteiger partial charge is 0.500 e. The van der Waals surface area contributed by atoms with Crippen molar-refractivity contribution in [1.29, 1.82) is 0 Å². The number of hydrogen-bond donors (Lipinski definition) is 1. The van der Waals surface area contributed by atoms with Crippen molar-refractivity contribution in [2.75, 3.05) is 21.3 Å². The second-order valence-electron chi connectivity index (χ2n) is 6.79. The monoisotopic (exact) mass is 311 g/mol. The molecule has 0 spiro atoms. The molecule has 0 rings (SSSR count). The highest BCUT2D eigenvalue weighted by Gasteiger charge is 2.68. The fraction of sp³-hybridized carbons (Fsp3) is 1.00. The maximum atomic E-state index is 5.82. The molecule has 0 aliphatic heterocycles. The molecule has 4 nitrogen and oxygen atoms in total. The van der Waals surface area contributed by atoms with Gasteiger partial charge in [-0.25, -0.2) is 0 Å². The van der Waals surface area contributed by atoms with Gasteiger partial charge in [-0.1, -0.05) is 46.2 Å². The Labute approximate surface area is 116 Å². The summed E-state index contributed by atoms with van der Waals surface area (Å²) < 4.78 is 17.5. The average Bonchev–Trinajstić information content (AvgIpc) is 2.17. The van der Waals surface area contributed by atoms with Crippen molar-refractivity contribution in [3.05, 3.63) is 0 Å². The molecule has 0 amide bonds. The van der Waals surface area contributed by atoms with Gasteiger partial charge in [-0.05, 0) is 0 Å². The van der Waals surface area contributed by atoms with Crippen molar-refractivity contribution in [3.8, 4) is 0 Å². The molecule has 0 unspecified atom stereocenters. The summed E-state index contributed by atoms with van der Waals surface area (Å²) in [6.45, 7) is 16.7. The summed E-state index contributed by atoms with van der Waals surface area (Å²) in [5, 5.41) is 0. The van der Waals surface area contributed by atoms with Crippen molar-refractivity contribution in [2.24, 2.45) is 0 Å². The van der Waals surface area contributed by atoms with Crippen LogP contribution in [0.2, 0.25) is 43.6 Å². The zero-order valence-electron chi connectivity index (χ0n) is 13.9. The van der Waals surface area contributed by atoms with E-state index in [9.17, 15) is 0 Å². The van der Waals surface area contributed by atoms with Crippen LogP contribution < -0.4 is 6.15 Å². The first-order valence-electron chi connectivity index (χ1n) is 6.09. The quantitative estimate of drug-likeness (QED) is 0.762. The van der Waals surface area contributed by atoms with Gasteiger partial charge in [0.15, 0.2) is 0 Å². The molecule has 0 fully saturated rings. The van der Waals surface area contributed by atoms with Crippen molar-refractivity contribution >= 4 is 25.0 Å². The fourth-order valence-corrected chi connectivity index (χ4v) is 22.8. The van der Waals surface area contributed by atoms with Gasteiger partial charge in [-0.3, -0.25) is 0 Å². The van der Waals surface area contributed by atoms with E-state index in [1.54, 1.807) is 21.3 Å². The lowest BCUT2D eigenvalue weighted by molar-refractivity contribution is 0.114. The van der Waals surface area contributed by atoms with Gasteiger partial charge in [0, 0.05) is 25.6 Å². The van der Waals surface area contributed by atoms with E-state index in [1.807, 2.05) is 0 Å². The first-order chi connectivity index (χ1) is 7.43. The molecule has 0 saturated carbocycles. The predicted octanol–water partition coefficient (Wildman–Crippen LogP) is 3.54. The van der Waals surface area contributed by atoms with Crippen LogP contribution in [0.5, 0.6) is 0 Å². The Hall–Kier alpha value is 0.491. The highest BCUT2D eigenvalue weighted by Crippen LogP contribution is 2.53. The molecule has 0 aliphatic carbocycles. The first kappa shape index (κ1) is 20.8. The molecule has 3 N–H and O–H groups in total. The Bertz CT molecular complexity index is 235. The molecule has 0 aromatic rings. The summed E-state index contributed by atoms with van der Waals surface area (Å²) in [7, 11) is -0.409. The zero-order chi connectivity index (χ0) is 14.1. The Kier molecular flexibility index (Phi) is 7.27. The normalized spacial score (nSPS) is 14.3. The summed E-state index contributed by atoms with van der Waals surface area (Å²) >= 11 is 0. The van der Waals surface area contributed by atoms with Gasteiger partial charge in [-0.2, -0.15) is 0 Å². The molecule has 0 aliphatic rings. The number of rotatable bonds is 6. The van der Waals surface area contributed by atoms with Gasteiger partial charge in [0.05, 0.1) is 16.1 Å². The maximum absolute atomic E-state index is 5.82. The van der Waals surface area contributed by atoms with Crippen molar-refractivity contribution < 1.29 is 13.3 Å². The Morgan fingerprint density at radius 1 is 0.667 bits per heavy atom. The summed E-state index contributed by atoms with van der Waals surface area (Å²) in [5.74, 6) is 0. The van der Waals surface area contributed by atoms with Crippen LogP contribution >= 0.6 is 0 Å². The molecule has 112 valence electrons. The van der Waals surface area contributed by atoms with Gasteiger partial charge in [0.2, 0.25) is 0 Å². The highest BCUT2D eigenvalue weighted by molar-refractivity contribution is 7.11.